The molecule has 0 bridgehead atoms. The van der Waals surface area contributed by atoms with Crippen LogP contribution < -0.4 is 21.7 Å². The number of amides is 1. The van der Waals surface area contributed by atoms with Crippen LogP contribution in [0.5, 0.6) is 0 Å². The molecule has 0 atom stereocenters. The topological polar surface area (TPSA) is 97.3 Å². The standard InChI is InChI=1S/C15H19N5O/c1-9-4-5-10(6-13(9)20(2)3)19-14-7-11(15(17)21)12(16)8-18-14/h4-8H,16H2,1-3H3,(H2,17,21)(H,18,19). The van der Waals surface area contributed by atoms with Crippen LogP contribution >= 0.6 is 0 Å². The van der Waals surface area contributed by atoms with Crippen molar-refractivity contribution in [2.45, 2.75) is 6.92 Å². The Kier molecular flexibility index (Phi) is 3.98. The lowest BCUT2D eigenvalue weighted by molar-refractivity contribution is 0.100. The second-order valence-electron chi connectivity index (χ2n) is 5.04. The summed E-state index contributed by atoms with van der Waals surface area (Å²) in [5.41, 5.74) is 14.6. The van der Waals surface area contributed by atoms with Crippen molar-refractivity contribution in [3.63, 3.8) is 0 Å². The van der Waals surface area contributed by atoms with Gasteiger partial charge >= 0.3 is 0 Å². The van der Waals surface area contributed by atoms with Crippen molar-refractivity contribution in [1.82, 2.24) is 4.98 Å². The average Bonchev–Trinajstić information content (AvgIpc) is 2.42. The number of nitrogen functional groups attached to an aromatic ring is 1. The van der Waals surface area contributed by atoms with Gasteiger partial charge in [0.2, 0.25) is 0 Å². The van der Waals surface area contributed by atoms with Gasteiger partial charge < -0.3 is 21.7 Å². The molecule has 2 rings (SSSR count). The molecule has 5 N–H and O–H groups in total. The third-order valence-corrected chi connectivity index (χ3v) is 3.16. The molecule has 0 saturated carbocycles. The summed E-state index contributed by atoms with van der Waals surface area (Å²) in [6, 6.07) is 7.53. The van der Waals surface area contributed by atoms with Crippen LogP contribution in [0.2, 0.25) is 0 Å². The Morgan fingerprint density at radius 3 is 2.62 bits per heavy atom. The smallest absolute Gasteiger partial charge is 0.250 e. The van der Waals surface area contributed by atoms with Gasteiger partial charge in [0.25, 0.3) is 5.91 Å². The number of rotatable bonds is 4. The molecule has 1 heterocycles. The summed E-state index contributed by atoms with van der Waals surface area (Å²) in [5, 5.41) is 3.15. The summed E-state index contributed by atoms with van der Waals surface area (Å²) < 4.78 is 0. The number of nitrogens with two attached hydrogens (primary N) is 2. The minimum Gasteiger partial charge on any atom is -0.397 e. The van der Waals surface area contributed by atoms with Crippen LogP contribution in [0.1, 0.15) is 15.9 Å². The van der Waals surface area contributed by atoms with Gasteiger partial charge in [-0.05, 0) is 30.7 Å². The number of aromatic nitrogens is 1. The molecule has 0 aliphatic carbocycles. The molecule has 110 valence electrons. The highest BCUT2D eigenvalue weighted by atomic mass is 16.1. The molecule has 0 aliphatic rings. The molecule has 0 spiro atoms. The SMILES string of the molecule is Cc1ccc(Nc2cc(C(N)=O)c(N)cn2)cc1N(C)C. The summed E-state index contributed by atoms with van der Waals surface area (Å²) in [6.45, 7) is 2.05. The molecule has 1 aromatic carbocycles. The van der Waals surface area contributed by atoms with E-state index in [1.54, 1.807) is 6.07 Å². The van der Waals surface area contributed by atoms with Crippen LogP contribution in [0.25, 0.3) is 0 Å². The fourth-order valence-electron chi connectivity index (χ4n) is 2.06. The van der Waals surface area contributed by atoms with E-state index in [0.29, 0.717) is 5.82 Å². The maximum atomic E-state index is 11.3. The summed E-state index contributed by atoms with van der Waals surface area (Å²) in [6.07, 6.45) is 1.42. The highest BCUT2D eigenvalue weighted by Crippen LogP contribution is 2.25. The van der Waals surface area contributed by atoms with Crippen molar-refractivity contribution in [3.8, 4) is 0 Å². The molecule has 6 heteroatoms. The number of nitrogens with one attached hydrogen (secondary N) is 1. The van der Waals surface area contributed by atoms with Crippen LogP contribution in [-0.2, 0) is 0 Å². The number of aryl methyl sites for hydroxylation is 1. The second-order valence-corrected chi connectivity index (χ2v) is 5.04. The lowest BCUT2D eigenvalue weighted by Gasteiger charge is -2.17. The predicted molar refractivity (Wildman–Crippen MR) is 86.0 cm³/mol. The Morgan fingerprint density at radius 1 is 1.29 bits per heavy atom. The fourth-order valence-corrected chi connectivity index (χ4v) is 2.06. The second kappa shape index (κ2) is 5.70. The van der Waals surface area contributed by atoms with E-state index in [0.717, 1.165) is 11.4 Å². The molecule has 1 amide bonds. The lowest BCUT2D eigenvalue weighted by atomic mass is 10.1. The predicted octanol–water partition coefficient (Wildman–Crippen LogP) is 1.88. The Labute approximate surface area is 123 Å². The number of primary amides is 1. The molecular formula is C15H19N5O. The van der Waals surface area contributed by atoms with Gasteiger partial charge in [-0.3, -0.25) is 4.79 Å². The Morgan fingerprint density at radius 2 is 2.00 bits per heavy atom. The first-order valence-electron chi connectivity index (χ1n) is 6.49. The van der Waals surface area contributed by atoms with Crippen LogP contribution in [0.3, 0.4) is 0 Å². The first kappa shape index (κ1) is 14.6. The summed E-state index contributed by atoms with van der Waals surface area (Å²) in [5.74, 6) is -0.0533. The number of carbonyl (C=O) groups excluding carboxylic acids is 1. The molecular weight excluding hydrogens is 266 g/mol. The van der Waals surface area contributed by atoms with Crippen LogP contribution in [0.15, 0.2) is 30.5 Å². The van der Waals surface area contributed by atoms with Gasteiger partial charge in [0.1, 0.15) is 5.82 Å². The molecule has 6 nitrogen and oxygen atoms in total. The van der Waals surface area contributed by atoms with Crippen LogP contribution in [-0.4, -0.2) is 25.0 Å². The number of benzene rings is 1. The van der Waals surface area contributed by atoms with Crippen molar-refractivity contribution in [3.05, 3.63) is 41.6 Å². The third kappa shape index (κ3) is 3.22. The molecule has 0 radical (unpaired) electrons. The first-order valence-corrected chi connectivity index (χ1v) is 6.49. The quantitative estimate of drug-likeness (QED) is 0.797. The Hall–Kier alpha value is -2.76. The summed E-state index contributed by atoms with van der Waals surface area (Å²) >= 11 is 0. The van der Waals surface area contributed by atoms with E-state index in [9.17, 15) is 4.79 Å². The monoisotopic (exact) mass is 285 g/mol. The summed E-state index contributed by atoms with van der Waals surface area (Å²) in [7, 11) is 3.97. The average molecular weight is 285 g/mol. The number of nitrogens with zero attached hydrogens (tertiary/aromatic N) is 2. The molecule has 2 aromatic rings. The van der Waals surface area contributed by atoms with Crippen molar-refractivity contribution in [1.29, 1.82) is 0 Å². The highest BCUT2D eigenvalue weighted by molar-refractivity contribution is 5.98. The molecule has 0 fully saturated rings. The largest absolute Gasteiger partial charge is 0.397 e. The molecule has 0 aliphatic heterocycles. The number of hydrogen-bond acceptors (Lipinski definition) is 5. The normalized spacial score (nSPS) is 10.2. The fraction of sp³-hybridized carbons (Fsp3) is 0.200. The van der Waals surface area contributed by atoms with Crippen molar-refractivity contribution in [2.24, 2.45) is 5.73 Å². The molecule has 21 heavy (non-hydrogen) atoms. The van der Waals surface area contributed by atoms with Gasteiger partial charge in [-0.2, -0.15) is 0 Å². The maximum absolute atomic E-state index is 11.3. The van der Waals surface area contributed by atoms with Crippen LogP contribution in [0.4, 0.5) is 22.9 Å². The maximum Gasteiger partial charge on any atom is 0.250 e. The van der Waals surface area contributed by atoms with E-state index in [1.807, 2.05) is 44.1 Å². The van der Waals surface area contributed by atoms with Gasteiger partial charge in [0.05, 0.1) is 17.4 Å². The van der Waals surface area contributed by atoms with Crippen molar-refractivity contribution < 1.29 is 4.79 Å². The van der Waals surface area contributed by atoms with E-state index in [-0.39, 0.29) is 11.3 Å². The number of anilines is 4. The zero-order valence-corrected chi connectivity index (χ0v) is 12.3. The van der Waals surface area contributed by atoms with Gasteiger partial charge in [-0.25, -0.2) is 4.98 Å². The van der Waals surface area contributed by atoms with E-state index >= 15 is 0 Å². The lowest BCUT2D eigenvalue weighted by Crippen LogP contribution is -2.14. The number of pyridine rings is 1. The van der Waals surface area contributed by atoms with E-state index in [2.05, 4.69) is 10.3 Å². The minimum absolute atomic E-state index is 0.257. The number of carbonyl (C=O) groups is 1. The Bertz CT molecular complexity index is 682. The summed E-state index contributed by atoms with van der Waals surface area (Å²) in [4.78, 5) is 17.5. The van der Waals surface area contributed by atoms with Gasteiger partial charge in [-0.1, -0.05) is 6.07 Å². The first-order chi connectivity index (χ1) is 9.88. The molecule has 0 saturated heterocycles. The Balaban J connectivity index is 2.32. The van der Waals surface area contributed by atoms with E-state index in [1.165, 1.54) is 11.8 Å². The van der Waals surface area contributed by atoms with E-state index < -0.39 is 5.91 Å². The zero-order valence-electron chi connectivity index (χ0n) is 12.3. The van der Waals surface area contributed by atoms with Crippen molar-refractivity contribution in [2.75, 3.05) is 30.0 Å². The third-order valence-electron chi connectivity index (χ3n) is 3.16. The number of hydrogen-bond donors (Lipinski definition) is 3. The van der Waals surface area contributed by atoms with E-state index in [4.69, 9.17) is 11.5 Å². The zero-order chi connectivity index (χ0) is 15.6. The van der Waals surface area contributed by atoms with Gasteiger partial charge in [0.15, 0.2) is 0 Å². The molecule has 0 unspecified atom stereocenters. The highest BCUT2D eigenvalue weighted by Gasteiger charge is 2.09. The molecule has 1 aromatic heterocycles. The van der Waals surface area contributed by atoms with Crippen LogP contribution in [0, 0.1) is 6.92 Å². The van der Waals surface area contributed by atoms with Gasteiger partial charge in [-0.15, -0.1) is 0 Å². The van der Waals surface area contributed by atoms with Gasteiger partial charge in [0, 0.05) is 25.5 Å². The minimum atomic E-state index is -0.573. The van der Waals surface area contributed by atoms with Crippen molar-refractivity contribution >= 4 is 28.8 Å².